The molecule has 3 aromatic rings. The van der Waals surface area contributed by atoms with Crippen molar-refractivity contribution in [1.29, 1.82) is 0 Å². The average Bonchev–Trinajstić information content (AvgIpc) is 2.68. The zero-order valence-corrected chi connectivity index (χ0v) is 9.75. The molecule has 0 atom stereocenters. The van der Waals surface area contributed by atoms with Crippen LogP contribution in [0.2, 0.25) is 0 Å². The van der Waals surface area contributed by atoms with Gasteiger partial charge in [0.1, 0.15) is 0 Å². The minimum absolute atomic E-state index is 0.876. The van der Waals surface area contributed by atoms with Crippen molar-refractivity contribution in [3.63, 3.8) is 0 Å². The van der Waals surface area contributed by atoms with Crippen molar-refractivity contribution in [3.05, 3.63) is 48.0 Å². The summed E-state index contributed by atoms with van der Waals surface area (Å²) in [5.74, 6) is 0.876. The predicted octanol–water partition coefficient (Wildman–Crippen LogP) is 2.43. The fourth-order valence-corrected chi connectivity index (χ4v) is 1.96. The van der Waals surface area contributed by atoms with Gasteiger partial charge in [0.05, 0.1) is 11.2 Å². The summed E-state index contributed by atoms with van der Waals surface area (Å²) in [5, 5.41) is 5.62. The van der Waals surface area contributed by atoms with E-state index in [9.17, 15) is 0 Å². The van der Waals surface area contributed by atoms with E-state index in [0.29, 0.717) is 0 Å². The second-order valence-corrected chi connectivity index (χ2v) is 4.03. The lowest BCUT2D eigenvalue weighted by atomic mass is 10.2. The highest BCUT2D eigenvalue weighted by molar-refractivity contribution is 5.80. The second kappa shape index (κ2) is 3.66. The molecule has 3 rings (SSSR count). The summed E-state index contributed by atoms with van der Waals surface area (Å²) in [6.07, 6.45) is 5.38. The number of fused-ring (bicyclic) bond motifs is 1. The maximum Gasteiger partial charge on any atom is 0.156 e. The van der Waals surface area contributed by atoms with Crippen LogP contribution in [0.1, 0.15) is 11.3 Å². The number of pyridine rings is 2. The van der Waals surface area contributed by atoms with Gasteiger partial charge in [0.2, 0.25) is 0 Å². The molecule has 0 amide bonds. The molecule has 0 aliphatic carbocycles. The molecule has 3 heterocycles. The molecule has 0 spiro atoms. The lowest BCUT2D eigenvalue weighted by Crippen LogP contribution is -2.03. The molecular weight excluding hydrogens is 212 g/mol. The Morgan fingerprint density at radius 2 is 2.00 bits per heavy atom. The van der Waals surface area contributed by atoms with Gasteiger partial charge in [-0.15, -0.1) is 0 Å². The van der Waals surface area contributed by atoms with Gasteiger partial charge in [-0.1, -0.05) is 6.07 Å². The smallest absolute Gasteiger partial charge is 0.156 e. The monoisotopic (exact) mass is 224 g/mol. The quantitative estimate of drug-likeness (QED) is 0.637. The molecule has 0 saturated heterocycles. The van der Waals surface area contributed by atoms with E-state index in [1.165, 1.54) is 0 Å². The van der Waals surface area contributed by atoms with Crippen LogP contribution in [-0.2, 0) is 0 Å². The molecule has 3 aromatic heterocycles. The molecule has 0 aromatic carbocycles. The Morgan fingerprint density at radius 3 is 2.76 bits per heavy atom. The van der Waals surface area contributed by atoms with Crippen LogP contribution >= 0.6 is 0 Å². The molecule has 4 heteroatoms. The zero-order chi connectivity index (χ0) is 11.8. The molecule has 0 radical (unpaired) electrons. The number of nitrogens with zero attached hydrogens (tertiary/aromatic N) is 4. The first kappa shape index (κ1) is 9.96. The third kappa shape index (κ3) is 1.49. The van der Waals surface area contributed by atoms with E-state index in [4.69, 9.17) is 0 Å². The highest BCUT2D eigenvalue weighted by Crippen LogP contribution is 2.20. The van der Waals surface area contributed by atoms with E-state index < -0.39 is 0 Å². The van der Waals surface area contributed by atoms with Crippen LogP contribution in [0.4, 0.5) is 0 Å². The van der Waals surface area contributed by atoms with E-state index in [0.717, 1.165) is 28.0 Å². The van der Waals surface area contributed by atoms with Gasteiger partial charge >= 0.3 is 0 Å². The van der Waals surface area contributed by atoms with E-state index in [1.54, 1.807) is 12.4 Å². The van der Waals surface area contributed by atoms with Crippen molar-refractivity contribution in [2.75, 3.05) is 0 Å². The van der Waals surface area contributed by atoms with Crippen LogP contribution in [-0.4, -0.2) is 19.7 Å². The summed E-state index contributed by atoms with van der Waals surface area (Å²) in [6, 6.07) is 5.88. The number of aromatic nitrogens is 4. The number of rotatable bonds is 1. The Hall–Kier alpha value is -2.23. The van der Waals surface area contributed by atoms with Gasteiger partial charge in [0, 0.05) is 24.0 Å². The van der Waals surface area contributed by atoms with Crippen LogP contribution in [0.15, 0.2) is 36.8 Å². The normalized spacial score (nSPS) is 10.9. The van der Waals surface area contributed by atoms with E-state index >= 15 is 0 Å². The molecule has 0 fully saturated rings. The van der Waals surface area contributed by atoms with Crippen LogP contribution in [0.25, 0.3) is 16.7 Å². The highest BCUT2D eigenvalue weighted by atomic mass is 15.3. The Kier molecular flexibility index (Phi) is 2.14. The van der Waals surface area contributed by atoms with Gasteiger partial charge in [0.25, 0.3) is 0 Å². The third-order valence-electron chi connectivity index (χ3n) is 2.90. The maximum atomic E-state index is 4.56. The Labute approximate surface area is 98.9 Å². The van der Waals surface area contributed by atoms with Crippen molar-refractivity contribution >= 4 is 10.9 Å². The maximum absolute atomic E-state index is 4.56. The number of hydrogen-bond donors (Lipinski definition) is 0. The lowest BCUT2D eigenvalue weighted by molar-refractivity contribution is 0.821. The Balaban J connectivity index is 2.32. The first-order chi connectivity index (χ1) is 8.27. The molecule has 0 aliphatic rings. The molecule has 84 valence electrons. The van der Waals surface area contributed by atoms with Crippen molar-refractivity contribution in [2.24, 2.45) is 0 Å². The Morgan fingerprint density at radius 1 is 1.12 bits per heavy atom. The van der Waals surface area contributed by atoms with E-state index in [2.05, 4.69) is 15.1 Å². The molecule has 0 aliphatic heterocycles. The van der Waals surface area contributed by atoms with Crippen molar-refractivity contribution in [3.8, 4) is 5.82 Å². The predicted molar refractivity (Wildman–Crippen MR) is 66.1 cm³/mol. The summed E-state index contributed by atoms with van der Waals surface area (Å²) in [6.45, 7) is 4.07. The molecule has 0 N–H and O–H groups in total. The number of aryl methyl sites for hydroxylation is 2. The SMILES string of the molecule is Cc1cccnc1-n1nc2ccncc2c1C. The van der Waals surface area contributed by atoms with Crippen LogP contribution in [0.5, 0.6) is 0 Å². The summed E-state index contributed by atoms with van der Waals surface area (Å²) < 4.78 is 1.88. The van der Waals surface area contributed by atoms with Gasteiger partial charge in [0.15, 0.2) is 5.82 Å². The third-order valence-corrected chi connectivity index (χ3v) is 2.90. The Bertz CT molecular complexity index is 685. The van der Waals surface area contributed by atoms with Gasteiger partial charge in [-0.2, -0.15) is 5.10 Å². The van der Waals surface area contributed by atoms with Crippen LogP contribution < -0.4 is 0 Å². The first-order valence-corrected chi connectivity index (χ1v) is 5.49. The summed E-state index contributed by atoms with van der Waals surface area (Å²) in [5.41, 5.74) is 3.12. The minimum atomic E-state index is 0.876. The summed E-state index contributed by atoms with van der Waals surface area (Å²) in [4.78, 5) is 8.51. The minimum Gasteiger partial charge on any atom is -0.264 e. The van der Waals surface area contributed by atoms with Crippen LogP contribution in [0, 0.1) is 13.8 Å². The largest absolute Gasteiger partial charge is 0.264 e. The molecule has 17 heavy (non-hydrogen) atoms. The van der Waals surface area contributed by atoms with E-state index in [-0.39, 0.29) is 0 Å². The fourth-order valence-electron chi connectivity index (χ4n) is 1.96. The van der Waals surface area contributed by atoms with Gasteiger partial charge in [-0.3, -0.25) is 4.98 Å². The molecule has 0 bridgehead atoms. The summed E-state index contributed by atoms with van der Waals surface area (Å²) in [7, 11) is 0. The van der Waals surface area contributed by atoms with Gasteiger partial charge in [-0.05, 0) is 31.5 Å². The second-order valence-electron chi connectivity index (χ2n) is 4.03. The highest BCUT2D eigenvalue weighted by Gasteiger charge is 2.10. The molecule has 4 nitrogen and oxygen atoms in total. The van der Waals surface area contributed by atoms with Crippen molar-refractivity contribution in [1.82, 2.24) is 19.7 Å². The van der Waals surface area contributed by atoms with Gasteiger partial charge < -0.3 is 0 Å². The topological polar surface area (TPSA) is 43.6 Å². The van der Waals surface area contributed by atoms with Gasteiger partial charge in [-0.25, -0.2) is 9.67 Å². The standard InChI is InChI=1S/C13H12N4/c1-9-4-3-6-15-13(9)17-10(2)11-8-14-7-5-12(11)16-17/h3-8H,1-2H3. The first-order valence-electron chi connectivity index (χ1n) is 5.49. The number of hydrogen-bond acceptors (Lipinski definition) is 3. The molecular formula is C13H12N4. The average molecular weight is 224 g/mol. The molecule has 0 unspecified atom stereocenters. The summed E-state index contributed by atoms with van der Waals surface area (Å²) >= 11 is 0. The fraction of sp³-hybridized carbons (Fsp3) is 0.154. The van der Waals surface area contributed by atoms with Crippen molar-refractivity contribution < 1.29 is 0 Å². The van der Waals surface area contributed by atoms with E-state index in [1.807, 2.05) is 42.9 Å². The van der Waals surface area contributed by atoms with Crippen molar-refractivity contribution in [2.45, 2.75) is 13.8 Å². The molecule has 0 saturated carbocycles. The van der Waals surface area contributed by atoms with Crippen LogP contribution in [0.3, 0.4) is 0 Å². The zero-order valence-electron chi connectivity index (χ0n) is 9.75. The lowest BCUT2D eigenvalue weighted by Gasteiger charge is -2.05.